The number of nitrogens with one attached hydrogen (secondary N) is 2. The van der Waals surface area contributed by atoms with Crippen LogP contribution in [0.15, 0.2) is 110 Å². The van der Waals surface area contributed by atoms with Crippen molar-refractivity contribution in [1.29, 1.82) is 0 Å². The molecular formula is C33H31N5O2. The average Bonchev–Trinajstić information content (AvgIpc) is 3.46. The number of aromatic nitrogens is 3. The van der Waals surface area contributed by atoms with Gasteiger partial charge in [0.2, 0.25) is 0 Å². The van der Waals surface area contributed by atoms with E-state index < -0.39 is 0 Å². The molecule has 7 nitrogen and oxygen atoms in total. The second-order valence-corrected chi connectivity index (χ2v) is 9.91. The molecule has 1 unspecified atom stereocenters. The zero-order chi connectivity index (χ0) is 27.1. The second kappa shape index (κ2) is 12.0. The number of para-hydroxylation sites is 1. The number of hydrogen-bond acceptors (Lipinski definition) is 5. The lowest BCUT2D eigenvalue weighted by atomic mass is 9.97. The van der Waals surface area contributed by atoms with Crippen LogP contribution in [0.2, 0.25) is 0 Å². The molecule has 0 bridgehead atoms. The van der Waals surface area contributed by atoms with E-state index in [4.69, 9.17) is 4.74 Å². The SMILES string of the molecule is O=C(NCc1cccnc1)c1cccc2c1OCCC2NCc1cncn1Cc1ccc(-c2ccccc2)cc1. The number of hydrogen-bond donors (Lipinski definition) is 2. The summed E-state index contributed by atoms with van der Waals surface area (Å²) in [5, 5.41) is 6.67. The summed E-state index contributed by atoms with van der Waals surface area (Å²) in [6.07, 6.45) is 8.08. The smallest absolute Gasteiger partial charge is 0.255 e. The Morgan fingerprint density at radius 2 is 1.70 bits per heavy atom. The molecule has 0 saturated carbocycles. The number of benzene rings is 3. The fourth-order valence-electron chi connectivity index (χ4n) is 5.09. The maximum Gasteiger partial charge on any atom is 0.255 e. The normalized spacial score (nSPS) is 14.2. The van der Waals surface area contributed by atoms with E-state index in [1.807, 2.05) is 48.9 Å². The molecular weight excluding hydrogens is 498 g/mol. The van der Waals surface area contributed by atoms with Crippen molar-refractivity contribution >= 4 is 5.91 Å². The Kier molecular flexibility index (Phi) is 7.64. The van der Waals surface area contributed by atoms with E-state index in [2.05, 4.69) is 73.7 Å². The van der Waals surface area contributed by atoms with Crippen LogP contribution in [0, 0.1) is 0 Å². The number of amides is 1. The summed E-state index contributed by atoms with van der Waals surface area (Å²) in [6, 6.07) is 28.7. The van der Waals surface area contributed by atoms with Gasteiger partial charge in [0.05, 0.1) is 24.2 Å². The molecule has 0 saturated heterocycles. The maximum absolute atomic E-state index is 13.0. The third-order valence-electron chi connectivity index (χ3n) is 7.24. The highest BCUT2D eigenvalue weighted by molar-refractivity contribution is 5.97. The summed E-state index contributed by atoms with van der Waals surface area (Å²) in [5.41, 5.74) is 7.25. The van der Waals surface area contributed by atoms with Crippen molar-refractivity contribution < 1.29 is 9.53 Å². The van der Waals surface area contributed by atoms with Gasteiger partial charge in [-0.2, -0.15) is 0 Å². The van der Waals surface area contributed by atoms with Gasteiger partial charge < -0.3 is 19.9 Å². The van der Waals surface area contributed by atoms with Gasteiger partial charge >= 0.3 is 0 Å². The highest BCUT2D eigenvalue weighted by atomic mass is 16.5. The lowest BCUT2D eigenvalue weighted by Crippen LogP contribution is -2.30. The largest absolute Gasteiger partial charge is 0.492 e. The van der Waals surface area contributed by atoms with Gasteiger partial charge in [-0.1, -0.05) is 72.8 Å². The van der Waals surface area contributed by atoms with Gasteiger partial charge in [0, 0.05) is 56.3 Å². The van der Waals surface area contributed by atoms with Gasteiger partial charge in [0.15, 0.2) is 0 Å². The number of carbonyl (C=O) groups excluding carboxylic acids is 1. The lowest BCUT2D eigenvalue weighted by Gasteiger charge is -2.28. The first-order chi connectivity index (χ1) is 19.7. The average molecular weight is 530 g/mol. The van der Waals surface area contributed by atoms with E-state index in [0.29, 0.717) is 31.0 Å². The zero-order valence-corrected chi connectivity index (χ0v) is 22.2. The molecule has 3 aromatic carbocycles. The maximum atomic E-state index is 13.0. The molecule has 2 aromatic heterocycles. The van der Waals surface area contributed by atoms with Gasteiger partial charge in [0.1, 0.15) is 5.75 Å². The fourth-order valence-corrected chi connectivity index (χ4v) is 5.09. The Balaban J connectivity index is 1.11. The summed E-state index contributed by atoms with van der Waals surface area (Å²) in [4.78, 5) is 21.5. The third-order valence-corrected chi connectivity index (χ3v) is 7.24. The van der Waals surface area contributed by atoms with Gasteiger partial charge in [-0.3, -0.25) is 9.78 Å². The fraction of sp³-hybridized carbons (Fsp3) is 0.182. The van der Waals surface area contributed by atoms with Crippen molar-refractivity contribution in [2.75, 3.05) is 6.61 Å². The van der Waals surface area contributed by atoms with E-state index in [0.717, 1.165) is 29.8 Å². The van der Waals surface area contributed by atoms with E-state index >= 15 is 0 Å². The van der Waals surface area contributed by atoms with Crippen molar-refractivity contribution in [3.05, 3.63) is 138 Å². The molecule has 0 aliphatic carbocycles. The molecule has 5 aromatic rings. The topological polar surface area (TPSA) is 81.1 Å². The van der Waals surface area contributed by atoms with Crippen LogP contribution in [-0.4, -0.2) is 27.0 Å². The minimum Gasteiger partial charge on any atom is -0.492 e. The molecule has 1 atom stereocenters. The molecule has 0 radical (unpaired) electrons. The number of ether oxygens (including phenoxy) is 1. The zero-order valence-electron chi connectivity index (χ0n) is 22.2. The van der Waals surface area contributed by atoms with Crippen molar-refractivity contribution in [3.8, 4) is 16.9 Å². The number of rotatable bonds is 9. The molecule has 40 heavy (non-hydrogen) atoms. The summed E-state index contributed by atoms with van der Waals surface area (Å²) in [6.45, 7) is 2.36. The number of carbonyl (C=O) groups is 1. The summed E-state index contributed by atoms with van der Waals surface area (Å²) < 4.78 is 8.18. The van der Waals surface area contributed by atoms with Crippen LogP contribution in [0.25, 0.3) is 11.1 Å². The van der Waals surface area contributed by atoms with Crippen LogP contribution in [0.5, 0.6) is 5.75 Å². The molecule has 6 rings (SSSR count). The quantitative estimate of drug-likeness (QED) is 0.262. The Bertz CT molecular complexity index is 1570. The van der Waals surface area contributed by atoms with Crippen LogP contribution in [0.3, 0.4) is 0 Å². The van der Waals surface area contributed by atoms with Crippen LogP contribution >= 0.6 is 0 Å². The molecule has 200 valence electrons. The molecule has 1 aliphatic heterocycles. The molecule has 0 spiro atoms. The summed E-state index contributed by atoms with van der Waals surface area (Å²) in [7, 11) is 0. The van der Waals surface area contributed by atoms with Gasteiger partial charge in [-0.25, -0.2) is 4.98 Å². The van der Waals surface area contributed by atoms with Crippen LogP contribution < -0.4 is 15.4 Å². The first kappa shape index (κ1) is 25.5. The number of fused-ring (bicyclic) bond motifs is 1. The van der Waals surface area contributed by atoms with Gasteiger partial charge in [-0.05, 0) is 34.4 Å². The molecule has 2 N–H and O–H groups in total. The Labute approximate surface area is 233 Å². The second-order valence-electron chi connectivity index (χ2n) is 9.91. The minimum atomic E-state index is -0.155. The Hall–Kier alpha value is -4.75. The van der Waals surface area contributed by atoms with Crippen LogP contribution in [0.1, 0.15) is 45.2 Å². The molecule has 7 heteroatoms. The Morgan fingerprint density at radius 3 is 2.52 bits per heavy atom. The predicted octanol–water partition coefficient (Wildman–Crippen LogP) is 5.54. The van der Waals surface area contributed by atoms with Gasteiger partial charge in [0.25, 0.3) is 5.91 Å². The van der Waals surface area contributed by atoms with Crippen molar-refractivity contribution in [2.24, 2.45) is 0 Å². The number of imidazole rings is 1. The molecule has 1 aliphatic rings. The van der Waals surface area contributed by atoms with E-state index in [-0.39, 0.29) is 11.9 Å². The summed E-state index contributed by atoms with van der Waals surface area (Å²) in [5.74, 6) is 0.500. The molecule has 3 heterocycles. The third kappa shape index (κ3) is 5.80. The van der Waals surface area contributed by atoms with Crippen molar-refractivity contribution in [2.45, 2.75) is 32.1 Å². The summed E-state index contributed by atoms with van der Waals surface area (Å²) >= 11 is 0. The predicted molar refractivity (Wildman–Crippen MR) is 155 cm³/mol. The van der Waals surface area contributed by atoms with Crippen molar-refractivity contribution in [1.82, 2.24) is 25.2 Å². The highest BCUT2D eigenvalue weighted by Gasteiger charge is 2.26. The minimum absolute atomic E-state index is 0.0725. The Morgan fingerprint density at radius 1 is 0.850 bits per heavy atom. The highest BCUT2D eigenvalue weighted by Crippen LogP contribution is 2.35. The van der Waals surface area contributed by atoms with E-state index in [9.17, 15) is 4.79 Å². The van der Waals surface area contributed by atoms with Crippen LogP contribution in [-0.2, 0) is 19.6 Å². The lowest BCUT2D eigenvalue weighted by molar-refractivity contribution is 0.0945. The monoisotopic (exact) mass is 529 g/mol. The van der Waals surface area contributed by atoms with Crippen LogP contribution in [0.4, 0.5) is 0 Å². The van der Waals surface area contributed by atoms with E-state index in [1.54, 1.807) is 12.4 Å². The number of nitrogens with zero attached hydrogens (tertiary/aromatic N) is 3. The standard InChI is InChI=1S/C33H31N5O2/c39-33(37-19-25-6-5-16-34-18-25)30-10-4-9-29-31(15-17-40-32(29)30)36-21-28-20-35-23-38(28)22-24-11-13-27(14-12-24)26-7-2-1-3-8-26/h1-14,16,18,20,23,31,36H,15,17,19,21-22H2,(H,37,39). The molecule has 0 fully saturated rings. The van der Waals surface area contributed by atoms with Gasteiger partial charge in [-0.15, -0.1) is 0 Å². The molecule has 1 amide bonds. The van der Waals surface area contributed by atoms with E-state index in [1.165, 1.54) is 16.7 Å². The van der Waals surface area contributed by atoms with Crippen molar-refractivity contribution in [3.63, 3.8) is 0 Å². The first-order valence-electron chi connectivity index (χ1n) is 13.5. The number of pyridine rings is 1. The first-order valence-corrected chi connectivity index (χ1v) is 13.5.